The van der Waals surface area contributed by atoms with Crippen molar-refractivity contribution >= 4 is 17.1 Å². The minimum atomic E-state index is -0.486. The van der Waals surface area contributed by atoms with Gasteiger partial charge in [-0.1, -0.05) is 18.7 Å². The molecule has 0 saturated carbocycles. The van der Waals surface area contributed by atoms with Crippen molar-refractivity contribution in [1.29, 1.82) is 0 Å². The summed E-state index contributed by atoms with van der Waals surface area (Å²) in [6.45, 7) is 3.35. The number of para-hydroxylation sites is 2. The van der Waals surface area contributed by atoms with E-state index < -0.39 is 5.97 Å². The maximum absolute atomic E-state index is 11.1. The van der Waals surface area contributed by atoms with Crippen LogP contribution in [0.25, 0.3) is 22.6 Å². The highest BCUT2D eigenvalue weighted by atomic mass is 16.5. The van der Waals surface area contributed by atoms with Crippen molar-refractivity contribution in [3.8, 4) is 17.2 Å². The SMILES string of the molecule is C=CC(=O)Oc1ccc(-c2nc3ccccc3o2)cc1. The number of rotatable bonds is 3. The minimum Gasteiger partial charge on any atom is -0.436 e. The van der Waals surface area contributed by atoms with Gasteiger partial charge in [0, 0.05) is 11.6 Å². The Kier molecular flexibility index (Phi) is 3.05. The van der Waals surface area contributed by atoms with Gasteiger partial charge < -0.3 is 9.15 Å². The second-order valence-electron chi connectivity index (χ2n) is 4.14. The quantitative estimate of drug-likeness (QED) is 0.412. The van der Waals surface area contributed by atoms with Crippen LogP contribution in [0.4, 0.5) is 0 Å². The van der Waals surface area contributed by atoms with Gasteiger partial charge in [-0.25, -0.2) is 9.78 Å². The lowest BCUT2D eigenvalue weighted by Gasteiger charge is -2.01. The summed E-state index contributed by atoms with van der Waals surface area (Å²) < 4.78 is 10.7. The molecule has 4 nitrogen and oxygen atoms in total. The van der Waals surface area contributed by atoms with Gasteiger partial charge in [-0.3, -0.25) is 0 Å². The molecule has 0 atom stereocenters. The van der Waals surface area contributed by atoms with Crippen LogP contribution in [0.1, 0.15) is 0 Å². The van der Waals surface area contributed by atoms with Gasteiger partial charge in [-0.2, -0.15) is 0 Å². The molecule has 4 heteroatoms. The third-order valence-electron chi connectivity index (χ3n) is 2.78. The molecule has 0 amide bonds. The van der Waals surface area contributed by atoms with Gasteiger partial charge in [-0.05, 0) is 36.4 Å². The average Bonchev–Trinajstić information content (AvgIpc) is 2.91. The fourth-order valence-corrected chi connectivity index (χ4v) is 1.82. The molecular weight excluding hydrogens is 254 g/mol. The van der Waals surface area contributed by atoms with Crippen molar-refractivity contribution in [2.24, 2.45) is 0 Å². The number of aromatic nitrogens is 1. The van der Waals surface area contributed by atoms with Crippen LogP contribution in [-0.2, 0) is 4.79 Å². The molecular formula is C16H11NO3. The van der Waals surface area contributed by atoms with Crippen molar-refractivity contribution in [1.82, 2.24) is 4.98 Å². The summed E-state index contributed by atoms with van der Waals surface area (Å²) in [7, 11) is 0. The van der Waals surface area contributed by atoms with E-state index in [-0.39, 0.29) is 0 Å². The van der Waals surface area contributed by atoms with Crippen molar-refractivity contribution in [3.05, 3.63) is 61.2 Å². The lowest BCUT2D eigenvalue weighted by Crippen LogP contribution is -2.02. The highest BCUT2D eigenvalue weighted by Crippen LogP contribution is 2.25. The predicted molar refractivity (Wildman–Crippen MR) is 75.3 cm³/mol. The monoisotopic (exact) mass is 265 g/mol. The van der Waals surface area contributed by atoms with Crippen LogP contribution in [0.2, 0.25) is 0 Å². The van der Waals surface area contributed by atoms with E-state index in [1.165, 1.54) is 0 Å². The lowest BCUT2D eigenvalue weighted by molar-refractivity contribution is -0.128. The number of fused-ring (bicyclic) bond motifs is 1. The van der Waals surface area contributed by atoms with Crippen molar-refractivity contribution in [3.63, 3.8) is 0 Å². The molecule has 2 aromatic carbocycles. The van der Waals surface area contributed by atoms with Gasteiger partial charge in [0.1, 0.15) is 11.3 Å². The molecule has 3 rings (SSSR count). The molecule has 3 aromatic rings. The number of benzene rings is 2. The van der Waals surface area contributed by atoms with E-state index in [0.717, 1.165) is 22.7 Å². The first-order valence-electron chi connectivity index (χ1n) is 6.06. The number of oxazole rings is 1. The molecule has 0 aliphatic carbocycles. The second kappa shape index (κ2) is 5.01. The smallest absolute Gasteiger partial charge is 0.335 e. The normalized spacial score (nSPS) is 10.4. The summed E-state index contributed by atoms with van der Waals surface area (Å²) >= 11 is 0. The standard InChI is InChI=1S/C16H11NO3/c1-2-15(18)19-12-9-7-11(8-10-12)16-17-13-5-3-4-6-14(13)20-16/h2-10H,1H2. The zero-order valence-corrected chi connectivity index (χ0v) is 10.6. The first-order valence-corrected chi connectivity index (χ1v) is 6.06. The van der Waals surface area contributed by atoms with Gasteiger partial charge in [0.2, 0.25) is 5.89 Å². The van der Waals surface area contributed by atoms with Crippen molar-refractivity contribution in [2.75, 3.05) is 0 Å². The number of carbonyl (C=O) groups excluding carboxylic acids is 1. The largest absolute Gasteiger partial charge is 0.436 e. The molecule has 1 aromatic heterocycles. The van der Waals surface area contributed by atoms with Crippen molar-refractivity contribution < 1.29 is 13.9 Å². The maximum Gasteiger partial charge on any atom is 0.335 e. The Labute approximate surface area is 115 Å². The van der Waals surface area contributed by atoms with Crippen LogP contribution in [0.5, 0.6) is 5.75 Å². The molecule has 0 radical (unpaired) electrons. The Morgan fingerprint density at radius 1 is 1.15 bits per heavy atom. The fourth-order valence-electron chi connectivity index (χ4n) is 1.82. The first kappa shape index (κ1) is 12.2. The van der Waals surface area contributed by atoms with Crippen LogP contribution in [0.15, 0.2) is 65.6 Å². The summed E-state index contributed by atoms with van der Waals surface area (Å²) in [5, 5.41) is 0. The molecule has 0 fully saturated rings. The molecule has 20 heavy (non-hydrogen) atoms. The maximum atomic E-state index is 11.1. The zero-order valence-electron chi connectivity index (χ0n) is 10.6. The number of esters is 1. The third kappa shape index (κ3) is 2.31. The number of hydrogen-bond acceptors (Lipinski definition) is 4. The Hall–Kier alpha value is -2.88. The van der Waals surface area contributed by atoms with Gasteiger partial charge in [0.25, 0.3) is 0 Å². The van der Waals surface area contributed by atoms with E-state index in [1.807, 2.05) is 24.3 Å². The second-order valence-corrected chi connectivity index (χ2v) is 4.14. The van der Waals surface area contributed by atoms with E-state index in [2.05, 4.69) is 11.6 Å². The van der Waals surface area contributed by atoms with Gasteiger partial charge in [0.05, 0.1) is 0 Å². The molecule has 0 N–H and O–H groups in total. The number of hydrogen-bond donors (Lipinski definition) is 0. The number of nitrogens with zero attached hydrogens (tertiary/aromatic N) is 1. The van der Waals surface area contributed by atoms with Gasteiger partial charge in [-0.15, -0.1) is 0 Å². The average molecular weight is 265 g/mol. The zero-order chi connectivity index (χ0) is 13.9. The molecule has 0 bridgehead atoms. The van der Waals surface area contributed by atoms with Crippen LogP contribution in [-0.4, -0.2) is 11.0 Å². The number of carbonyl (C=O) groups is 1. The Morgan fingerprint density at radius 3 is 2.60 bits per heavy atom. The van der Waals surface area contributed by atoms with Gasteiger partial charge in [0.15, 0.2) is 5.58 Å². The Bertz CT molecular complexity index is 739. The predicted octanol–water partition coefficient (Wildman–Crippen LogP) is 3.59. The molecule has 0 unspecified atom stereocenters. The Balaban J connectivity index is 1.90. The molecule has 0 saturated heterocycles. The lowest BCUT2D eigenvalue weighted by atomic mass is 10.2. The Morgan fingerprint density at radius 2 is 1.90 bits per heavy atom. The van der Waals surface area contributed by atoms with Crippen LogP contribution in [0.3, 0.4) is 0 Å². The summed E-state index contributed by atoms with van der Waals surface area (Å²) in [5.41, 5.74) is 2.37. The van der Waals surface area contributed by atoms with E-state index in [0.29, 0.717) is 11.6 Å². The van der Waals surface area contributed by atoms with Crippen molar-refractivity contribution in [2.45, 2.75) is 0 Å². The van der Waals surface area contributed by atoms with E-state index in [1.54, 1.807) is 24.3 Å². The summed E-state index contributed by atoms with van der Waals surface area (Å²) in [6, 6.07) is 14.5. The molecule has 0 spiro atoms. The topological polar surface area (TPSA) is 52.3 Å². The summed E-state index contributed by atoms with van der Waals surface area (Å²) in [4.78, 5) is 15.5. The van der Waals surface area contributed by atoms with E-state index in [9.17, 15) is 4.79 Å². The van der Waals surface area contributed by atoms with Crippen LogP contribution < -0.4 is 4.74 Å². The molecule has 0 aliphatic rings. The summed E-state index contributed by atoms with van der Waals surface area (Å²) in [5.74, 6) is 0.502. The third-order valence-corrected chi connectivity index (χ3v) is 2.78. The van der Waals surface area contributed by atoms with E-state index >= 15 is 0 Å². The van der Waals surface area contributed by atoms with E-state index in [4.69, 9.17) is 9.15 Å². The minimum absolute atomic E-state index is 0.453. The van der Waals surface area contributed by atoms with Crippen LogP contribution in [0, 0.1) is 0 Å². The highest BCUT2D eigenvalue weighted by molar-refractivity contribution is 5.83. The molecule has 0 aliphatic heterocycles. The first-order chi connectivity index (χ1) is 9.76. The highest BCUT2D eigenvalue weighted by Gasteiger charge is 2.08. The van der Waals surface area contributed by atoms with Crippen LogP contribution >= 0.6 is 0 Å². The molecule has 98 valence electrons. The number of ether oxygens (including phenoxy) is 1. The molecule has 1 heterocycles. The van der Waals surface area contributed by atoms with Gasteiger partial charge >= 0.3 is 5.97 Å². The fraction of sp³-hybridized carbons (Fsp3) is 0. The summed E-state index contributed by atoms with van der Waals surface area (Å²) in [6.07, 6.45) is 1.12.